The highest BCUT2D eigenvalue weighted by Gasteiger charge is 2.28. The molecule has 0 aliphatic heterocycles. The second-order valence-corrected chi connectivity index (χ2v) is 9.05. The van der Waals surface area contributed by atoms with Crippen LogP contribution in [0.25, 0.3) is 0 Å². The Balaban J connectivity index is 1.57. The summed E-state index contributed by atoms with van der Waals surface area (Å²) in [6.07, 6.45) is 0. The van der Waals surface area contributed by atoms with E-state index in [0.29, 0.717) is 11.3 Å². The smallest absolute Gasteiger partial charge is 0.343 e. The number of esters is 1. The van der Waals surface area contributed by atoms with Gasteiger partial charge in [0.2, 0.25) is 0 Å². The van der Waals surface area contributed by atoms with Gasteiger partial charge in [-0.05, 0) is 82.9 Å². The lowest BCUT2D eigenvalue weighted by molar-refractivity contribution is 0.0734. The summed E-state index contributed by atoms with van der Waals surface area (Å²) in [5.41, 5.74) is 4.32. The Hall–Kier alpha value is -5.03. The van der Waals surface area contributed by atoms with Gasteiger partial charge in [0.05, 0.1) is 5.56 Å². The summed E-state index contributed by atoms with van der Waals surface area (Å²) in [7, 11) is 0. The number of phenolic OH excluding ortho intramolecular Hbond substituents is 3. The highest BCUT2D eigenvalue weighted by atomic mass is 16.5. The second-order valence-electron chi connectivity index (χ2n) is 9.05. The second kappa shape index (κ2) is 10.9. The number of carbonyl (C=O) groups is 1. The molecular formula is C33H26O5. The number of hydrogen-bond acceptors (Lipinski definition) is 5. The maximum Gasteiger partial charge on any atom is 0.343 e. The molecule has 3 N–H and O–H groups in total. The van der Waals surface area contributed by atoms with Gasteiger partial charge in [-0.2, -0.15) is 0 Å². The zero-order valence-corrected chi connectivity index (χ0v) is 20.4. The number of phenols is 3. The maximum absolute atomic E-state index is 12.5. The fourth-order valence-electron chi connectivity index (χ4n) is 4.68. The van der Waals surface area contributed by atoms with E-state index < -0.39 is 5.97 Å². The summed E-state index contributed by atoms with van der Waals surface area (Å²) in [6.45, 7) is 0. The van der Waals surface area contributed by atoms with Crippen LogP contribution >= 0.6 is 0 Å². The van der Waals surface area contributed by atoms with Crippen molar-refractivity contribution in [3.05, 3.63) is 155 Å². The van der Waals surface area contributed by atoms with E-state index in [2.05, 4.69) is 0 Å². The topological polar surface area (TPSA) is 87.0 Å². The van der Waals surface area contributed by atoms with Gasteiger partial charge in [0.25, 0.3) is 0 Å². The zero-order valence-electron chi connectivity index (χ0n) is 20.4. The molecule has 0 bridgehead atoms. The van der Waals surface area contributed by atoms with Crippen LogP contribution in [0.15, 0.2) is 127 Å². The number of rotatable bonds is 7. The first-order chi connectivity index (χ1) is 18.5. The molecule has 0 amide bonds. The summed E-state index contributed by atoms with van der Waals surface area (Å²) in [6, 6.07) is 37.5. The van der Waals surface area contributed by atoms with Gasteiger partial charge < -0.3 is 20.1 Å². The van der Waals surface area contributed by atoms with Crippen molar-refractivity contribution in [1.82, 2.24) is 0 Å². The average Bonchev–Trinajstić information content (AvgIpc) is 2.95. The Morgan fingerprint density at radius 1 is 0.474 bits per heavy atom. The molecule has 0 aliphatic carbocycles. The standard InChI is InChI=1S/C33H26O5/c34-27-14-6-22(7-15-27)31(23-8-16-28(35)17-9-23)32(24-10-18-29(36)19-11-24)25-12-20-30(21-13-25)38-33(37)26-4-2-1-3-5-26/h1-21,31-32,34-36H. The SMILES string of the molecule is O=C(Oc1ccc(C(c2ccc(O)cc2)C(c2ccc(O)cc2)c2ccc(O)cc2)cc1)c1ccccc1. The molecule has 0 heterocycles. The molecule has 5 aromatic carbocycles. The van der Waals surface area contributed by atoms with Crippen LogP contribution in [-0.4, -0.2) is 21.3 Å². The Morgan fingerprint density at radius 2 is 0.816 bits per heavy atom. The van der Waals surface area contributed by atoms with Gasteiger partial charge in [0.1, 0.15) is 23.0 Å². The average molecular weight is 503 g/mol. The van der Waals surface area contributed by atoms with Gasteiger partial charge in [-0.25, -0.2) is 4.79 Å². The van der Waals surface area contributed by atoms with Crippen LogP contribution in [0, 0.1) is 0 Å². The molecule has 0 spiro atoms. The van der Waals surface area contributed by atoms with E-state index in [9.17, 15) is 20.1 Å². The van der Waals surface area contributed by atoms with Crippen molar-refractivity contribution in [1.29, 1.82) is 0 Å². The van der Waals surface area contributed by atoms with Crippen molar-refractivity contribution in [2.45, 2.75) is 11.8 Å². The van der Waals surface area contributed by atoms with E-state index in [1.807, 2.05) is 54.6 Å². The third-order valence-electron chi connectivity index (χ3n) is 6.55. The molecule has 0 fully saturated rings. The number of ether oxygens (including phenoxy) is 1. The molecule has 5 aromatic rings. The Bertz CT molecular complexity index is 1450. The number of hydrogen-bond donors (Lipinski definition) is 3. The quantitative estimate of drug-likeness (QED) is 0.165. The van der Waals surface area contributed by atoms with Crippen LogP contribution in [0.3, 0.4) is 0 Å². The first-order valence-electron chi connectivity index (χ1n) is 12.2. The molecule has 0 aliphatic rings. The summed E-state index contributed by atoms with van der Waals surface area (Å²) < 4.78 is 5.59. The summed E-state index contributed by atoms with van der Waals surface area (Å²) >= 11 is 0. The minimum atomic E-state index is -0.431. The van der Waals surface area contributed by atoms with Crippen molar-refractivity contribution in [3.63, 3.8) is 0 Å². The first kappa shape index (κ1) is 24.7. The monoisotopic (exact) mass is 502 g/mol. The minimum absolute atomic E-state index is 0.168. The van der Waals surface area contributed by atoms with Crippen molar-refractivity contribution in [2.24, 2.45) is 0 Å². The molecular weight excluding hydrogens is 476 g/mol. The number of benzene rings is 5. The van der Waals surface area contributed by atoms with Crippen molar-refractivity contribution >= 4 is 5.97 Å². The van der Waals surface area contributed by atoms with Crippen LogP contribution < -0.4 is 4.74 Å². The highest BCUT2D eigenvalue weighted by Crippen LogP contribution is 2.44. The van der Waals surface area contributed by atoms with E-state index in [1.54, 1.807) is 72.8 Å². The van der Waals surface area contributed by atoms with E-state index in [1.165, 1.54) is 0 Å². The largest absolute Gasteiger partial charge is 0.508 e. The normalized spacial score (nSPS) is 11.7. The Kier molecular flexibility index (Phi) is 7.09. The van der Waals surface area contributed by atoms with Crippen molar-refractivity contribution in [3.8, 4) is 23.0 Å². The van der Waals surface area contributed by atoms with Gasteiger partial charge in [-0.1, -0.05) is 66.7 Å². The lowest BCUT2D eigenvalue weighted by Gasteiger charge is -2.29. The molecule has 1 unspecified atom stereocenters. The third-order valence-corrected chi connectivity index (χ3v) is 6.55. The number of aromatic hydroxyl groups is 3. The van der Waals surface area contributed by atoms with E-state index in [0.717, 1.165) is 22.3 Å². The summed E-state index contributed by atoms with van der Waals surface area (Å²) in [5, 5.41) is 29.8. The molecule has 5 rings (SSSR count). The lowest BCUT2D eigenvalue weighted by Crippen LogP contribution is -2.15. The van der Waals surface area contributed by atoms with E-state index in [4.69, 9.17) is 4.74 Å². The van der Waals surface area contributed by atoms with E-state index >= 15 is 0 Å². The Morgan fingerprint density at radius 3 is 1.18 bits per heavy atom. The minimum Gasteiger partial charge on any atom is -0.508 e. The van der Waals surface area contributed by atoms with Gasteiger partial charge in [-0.3, -0.25) is 0 Å². The van der Waals surface area contributed by atoms with Crippen LogP contribution in [0.2, 0.25) is 0 Å². The Labute approximate surface area is 220 Å². The predicted molar refractivity (Wildman–Crippen MR) is 146 cm³/mol. The molecule has 0 radical (unpaired) electrons. The molecule has 0 saturated carbocycles. The van der Waals surface area contributed by atoms with Gasteiger partial charge in [-0.15, -0.1) is 0 Å². The lowest BCUT2D eigenvalue weighted by atomic mass is 9.73. The molecule has 1 atom stereocenters. The fourth-order valence-corrected chi connectivity index (χ4v) is 4.68. The molecule has 5 nitrogen and oxygen atoms in total. The predicted octanol–water partition coefficient (Wildman–Crippen LogP) is 6.99. The fraction of sp³-hybridized carbons (Fsp3) is 0.0606. The molecule has 38 heavy (non-hydrogen) atoms. The van der Waals surface area contributed by atoms with Crippen molar-refractivity contribution < 1.29 is 24.9 Å². The summed E-state index contributed by atoms with van der Waals surface area (Å²) in [5.74, 6) is 0.105. The first-order valence-corrected chi connectivity index (χ1v) is 12.2. The van der Waals surface area contributed by atoms with Crippen LogP contribution in [0.1, 0.15) is 44.4 Å². The van der Waals surface area contributed by atoms with Crippen molar-refractivity contribution in [2.75, 3.05) is 0 Å². The third kappa shape index (κ3) is 5.52. The maximum atomic E-state index is 12.5. The summed E-state index contributed by atoms with van der Waals surface area (Å²) in [4.78, 5) is 12.5. The molecule has 0 aromatic heterocycles. The molecule has 0 saturated heterocycles. The van der Waals surface area contributed by atoms with Gasteiger partial charge in [0, 0.05) is 11.8 Å². The van der Waals surface area contributed by atoms with Crippen LogP contribution in [-0.2, 0) is 0 Å². The van der Waals surface area contributed by atoms with Crippen LogP contribution in [0.5, 0.6) is 23.0 Å². The van der Waals surface area contributed by atoms with Gasteiger partial charge in [0.15, 0.2) is 0 Å². The van der Waals surface area contributed by atoms with Gasteiger partial charge >= 0.3 is 5.97 Å². The number of carbonyl (C=O) groups excluding carboxylic acids is 1. The molecule has 188 valence electrons. The molecule has 5 heteroatoms. The van der Waals surface area contributed by atoms with Crippen LogP contribution in [0.4, 0.5) is 0 Å². The highest BCUT2D eigenvalue weighted by molar-refractivity contribution is 5.90. The zero-order chi connectivity index (χ0) is 26.5. The van der Waals surface area contributed by atoms with E-state index in [-0.39, 0.29) is 29.1 Å².